The van der Waals surface area contributed by atoms with Crippen molar-refractivity contribution in [2.24, 2.45) is 0 Å². The molecule has 0 spiro atoms. The van der Waals surface area contributed by atoms with E-state index in [9.17, 15) is 10.1 Å². The van der Waals surface area contributed by atoms with Crippen LogP contribution in [-0.2, 0) is 0 Å². The van der Waals surface area contributed by atoms with Crippen molar-refractivity contribution >= 4 is 11.4 Å². The molecule has 1 saturated heterocycles. The first-order valence-corrected chi connectivity index (χ1v) is 6.50. The molecule has 1 atom stereocenters. The normalized spacial score (nSPS) is 19.5. The number of nitro benzene ring substituents is 1. The molecule has 0 bridgehead atoms. The van der Waals surface area contributed by atoms with E-state index in [0.29, 0.717) is 11.8 Å². The predicted molar refractivity (Wildman–Crippen MR) is 73.8 cm³/mol. The maximum atomic E-state index is 10.7. The number of nitro groups is 1. The second-order valence-corrected chi connectivity index (χ2v) is 4.66. The molecule has 0 amide bonds. The maximum absolute atomic E-state index is 10.7. The number of non-ortho nitro benzene ring substituents is 1. The molecule has 1 heterocycles. The zero-order chi connectivity index (χ0) is 13.7. The van der Waals surface area contributed by atoms with Gasteiger partial charge in [0.2, 0.25) is 0 Å². The summed E-state index contributed by atoms with van der Waals surface area (Å²) in [5.74, 6) is 0.520. The van der Waals surface area contributed by atoms with E-state index < -0.39 is 4.92 Å². The average molecular weight is 265 g/mol. The van der Waals surface area contributed by atoms with Crippen LogP contribution in [0.3, 0.4) is 0 Å². The van der Waals surface area contributed by atoms with Gasteiger partial charge in [0.1, 0.15) is 5.75 Å². The molecular weight excluding hydrogens is 246 g/mol. The standard InChI is InChI=1S/C13H19N3O3/c1-19-13-9-11(16(17)18)4-5-12(13)15-10-3-2-7-14-8-6-10/h4-5,9-10,14-15H,2-3,6-8H2,1H3. The number of nitrogens with one attached hydrogen (secondary N) is 2. The molecule has 1 aromatic rings. The van der Waals surface area contributed by atoms with Crippen LogP contribution in [0.2, 0.25) is 0 Å². The summed E-state index contributed by atoms with van der Waals surface area (Å²) in [5, 5.41) is 17.5. The highest BCUT2D eigenvalue weighted by Gasteiger charge is 2.16. The minimum Gasteiger partial charge on any atom is -0.494 e. The van der Waals surface area contributed by atoms with E-state index in [0.717, 1.165) is 38.0 Å². The molecule has 1 aromatic carbocycles. The minimum absolute atomic E-state index is 0.0462. The van der Waals surface area contributed by atoms with E-state index in [1.165, 1.54) is 19.2 Å². The first kappa shape index (κ1) is 13.6. The van der Waals surface area contributed by atoms with Crippen LogP contribution in [0, 0.1) is 10.1 Å². The Balaban J connectivity index is 2.12. The lowest BCUT2D eigenvalue weighted by Gasteiger charge is -2.19. The lowest BCUT2D eigenvalue weighted by atomic mass is 10.1. The third-order valence-corrected chi connectivity index (χ3v) is 3.33. The Morgan fingerprint density at radius 1 is 1.42 bits per heavy atom. The lowest BCUT2D eigenvalue weighted by Crippen LogP contribution is -2.21. The molecule has 0 aromatic heterocycles. The second-order valence-electron chi connectivity index (χ2n) is 4.66. The number of anilines is 1. The summed E-state index contributed by atoms with van der Waals surface area (Å²) in [6, 6.07) is 5.05. The summed E-state index contributed by atoms with van der Waals surface area (Å²) in [6.07, 6.45) is 3.26. The highest BCUT2D eigenvalue weighted by Crippen LogP contribution is 2.30. The Labute approximate surface area is 112 Å². The SMILES string of the molecule is COc1cc([N+](=O)[O-])ccc1NC1CCCNCC1. The number of methoxy groups -OCH3 is 1. The number of nitrogens with zero attached hydrogens (tertiary/aromatic N) is 1. The van der Waals surface area contributed by atoms with Crippen molar-refractivity contribution in [3.8, 4) is 5.75 Å². The zero-order valence-corrected chi connectivity index (χ0v) is 11.0. The Morgan fingerprint density at radius 3 is 3.00 bits per heavy atom. The molecule has 19 heavy (non-hydrogen) atoms. The van der Waals surface area contributed by atoms with Gasteiger partial charge >= 0.3 is 0 Å². The number of rotatable bonds is 4. The van der Waals surface area contributed by atoms with Crippen LogP contribution in [-0.4, -0.2) is 31.2 Å². The van der Waals surface area contributed by atoms with E-state index in [4.69, 9.17) is 4.74 Å². The lowest BCUT2D eigenvalue weighted by molar-refractivity contribution is -0.384. The topological polar surface area (TPSA) is 76.4 Å². The number of ether oxygens (including phenoxy) is 1. The molecule has 0 aliphatic carbocycles. The van der Waals surface area contributed by atoms with Crippen LogP contribution < -0.4 is 15.4 Å². The summed E-state index contributed by atoms with van der Waals surface area (Å²) in [6.45, 7) is 2.04. The van der Waals surface area contributed by atoms with Crippen molar-refractivity contribution in [1.29, 1.82) is 0 Å². The van der Waals surface area contributed by atoms with E-state index in [1.807, 2.05) is 0 Å². The van der Waals surface area contributed by atoms with Gasteiger partial charge in [0.15, 0.2) is 0 Å². The molecular formula is C13H19N3O3. The van der Waals surface area contributed by atoms with Gasteiger partial charge in [-0.25, -0.2) is 0 Å². The number of benzene rings is 1. The molecule has 1 fully saturated rings. The largest absolute Gasteiger partial charge is 0.494 e. The maximum Gasteiger partial charge on any atom is 0.273 e. The van der Waals surface area contributed by atoms with E-state index in [2.05, 4.69) is 10.6 Å². The Bertz CT molecular complexity index is 443. The van der Waals surface area contributed by atoms with Crippen molar-refractivity contribution in [3.63, 3.8) is 0 Å². The Morgan fingerprint density at radius 2 is 2.26 bits per heavy atom. The van der Waals surface area contributed by atoms with Crippen LogP contribution in [0.15, 0.2) is 18.2 Å². The van der Waals surface area contributed by atoms with Gasteiger partial charge < -0.3 is 15.4 Å². The van der Waals surface area contributed by atoms with Crippen molar-refractivity contribution in [2.75, 3.05) is 25.5 Å². The fraction of sp³-hybridized carbons (Fsp3) is 0.538. The van der Waals surface area contributed by atoms with Gasteiger partial charge in [0.05, 0.1) is 23.8 Å². The Kier molecular flexibility index (Phi) is 4.57. The fourth-order valence-electron chi connectivity index (χ4n) is 2.30. The highest BCUT2D eigenvalue weighted by atomic mass is 16.6. The quantitative estimate of drug-likeness (QED) is 0.644. The van der Waals surface area contributed by atoms with Crippen molar-refractivity contribution in [1.82, 2.24) is 5.32 Å². The first-order chi connectivity index (χ1) is 9.20. The molecule has 0 radical (unpaired) electrons. The summed E-state index contributed by atoms with van der Waals surface area (Å²) in [5.41, 5.74) is 0.866. The minimum atomic E-state index is -0.415. The Hall–Kier alpha value is -1.82. The highest BCUT2D eigenvalue weighted by molar-refractivity contribution is 5.61. The first-order valence-electron chi connectivity index (χ1n) is 6.50. The molecule has 104 valence electrons. The molecule has 1 aliphatic rings. The fourth-order valence-corrected chi connectivity index (χ4v) is 2.30. The smallest absolute Gasteiger partial charge is 0.273 e. The molecule has 6 nitrogen and oxygen atoms in total. The number of hydrogen-bond donors (Lipinski definition) is 2. The van der Waals surface area contributed by atoms with Crippen molar-refractivity contribution < 1.29 is 9.66 Å². The van der Waals surface area contributed by atoms with Crippen LogP contribution in [0.5, 0.6) is 5.75 Å². The third kappa shape index (κ3) is 3.57. The average Bonchev–Trinajstić information content (AvgIpc) is 2.67. The van der Waals surface area contributed by atoms with Gasteiger partial charge in [0, 0.05) is 12.1 Å². The summed E-state index contributed by atoms with van der Waals surface area (Å²) >= 11 is 0. The molecule has 1 aliphatic heterocycles. The molecule has 1 unspecified atom stereocenters. The van der Waals surface area contributed by atoms with E-state index >= 15 is 0 Å². The van der Waals surface area contributed by atoms with Gasteiger partial charge in [0.25, 0.3) is 5.69 Å². The predicted octanol–water partition coefficient (Wildman–Crippen LogP) is 2.16. The zero-order valence-electron chi connectivity index (χ0n) is 11.0. The van der Waals surface area contributed by atoms with E-state index in [-0.39, 0.29) is 5.69 Å². The molecule has 2 N–H and O–H groups in total. The second kappa shape index (κ2) is 6.38. The van der Waals surface area contributed by atoms with Gasteiger partial charge in [-0.15, -0.1) is 0 Å². The van der Waals surface area contributed by atoms with Crippen LogP contribution in [0.25, 0.3) is 0 Å². The summed E-state index contributed by atoms with van der Waals surface area (Å²) < 4.78 is 5.23. The molecule has 6 heteroatoms. The molecule has 2 rings (SSSR count). The van der Waals surface area contributed by atoms with Gasteiger partial charge in [-0.1, -0.05) is 0 Å². The monoisotopic (exact) mass is 265 g/mol. The van der Waals surface area contributed by atoms with Crippen molar-refractivity contribution in [3.05, 3.63) is 28.3 Å². The van der Waals surface area contributed by atoms with Crippen LogP contribution in [0.1, 0.15) is 19.3 Å². The third-order valence-electron chi connectivity index (χ3n) is 3.33. The van der Waals surface area contributed by atoms with Gasteiger partial charge in [-0.05, 0) is 38.4 Å². The summed E-state index contributed by atoms with van der Waals surface area (Å²) in [7, 11) is 1.53. The van der Waals surface area contributed by atoms with Gasteiger partial charge in [-0.2, -0.15) is 0 Å². The van der Waals surface area contributed by atoms with Crippen LogP contribution in [0.4, 0.5) is 11.4 Å². The molecule has 0 saturated carbocycles. The van der Waals surface area contributed by atoms with Crippen LogP contribution >= 0.6 is 0 Å². The van der Waals surface area contributed by atoms with Crippen molar-refractivity contribution in [2.45, 2.75) is 25.3 Å². The van der Waals surface area contributed by atoms with Gasteiger partial charge in [-0.3, -0.25) is 10.1 Å². The summed E-state index contributed by atoms with van der Waals surface area (Å²) in [4.78, 5) is 10.3. The van der Waals surface area contributed by atoms with E-state index in [1.54, 1.807) is 6.07 Å². The number of hydrogen-bond acceptors (Lipinski definition) is 5.